The third-order valence-corrected chi connectivity index (χ3v) is 8.59. The minimum Gasteiger partial charge on any atom is -0.342 e. The van der Waals surface area contributed by atoms with Gasteiger partial charge in [-0.3, -0.25) is 14.9 Å². The fraction of sp³-hybridized carbons (Fsp3) is 0.458. The number of nitro benzene ring substituents is 1. The van der Waals surface area contributed by atoms with E-state index in [9.17, 15) is 23.3 Å². The van der Waals surface area contributed by atoms with E-state index in [1.165, 1.54) is 34.1 Å². The fourth-order valence-corrected chi connectivity index (χ4v) is 6.34. The first-order valence-corrected chi connectivity index (χ1v) is 12.9. The largest absolute Gasteiger partial charge is 0.342 e. The number of likely N-dealkylation sites (tertiary alicyclic amines) is 1. The summed E-state index contributed by atoms with van der Waals surface area (Å²) in [6.07, 6.45) is 4.23. The van der Waals surface area contributed by atoms with Crippen molar-refractivity contribution in [3.63, 3.8) is 0 Å². The van der Waals surface area contributed by atoms with Gasteiger partial charge in [0, 0.05) is 38.3 Å². The molecule has 4 rings (SSSR count). The predicted molar refractivity (Wildman–Crippen MR) is 124 cm³/mol. The van der Waals surface area contributed by atoms with Gasteiger partial charge in [0.25, 0.3) is 5.69 Å². The van der Waals surface area contributed by atoms with Crippen LogP contribution in [0.3, 0.4) is 0 Å². The Morgan fingerprint density at radius 2 is 1.64 bits per heavy atom. The van der Waals surface area contributed by atoms with Gasteiger partial charge in [-0.05, 0) is 55.7 Å². The number of carbonyl (C=O) groups is 1. The second-order valence-corrected chi connectivity index (χ2v) is 10.8. The van der Waals surface area contributed by atoms with Crippen LogP contribution in [0.25, 0.3) is 0 Å². The van der Waals surface area contributed by atoms with Crippen molar-refractivity contribution in [1.29, 1.82) is 0 Å². The number of nitrogens with zero attached hydrogens (tertiary/aromatic N) is 3. The number of carbonyl (C=O) groups excluding carboxylic acids is 1. The van der Waals surface area contributed by atoms with Crippen molar-refractivity contribution in [3.8, 4) is 0 Å². The standard InChI is InChI=1S/C24H29N3O5S/c28-24(25-15-12-20(13-16-25)17-19-5-2-1-3-6-19)21-7-4-14-26(18-21)33(31,32)23-10-8-22(9-11-23)27(29)30/h1-3,5-6,8-11,20-21H,4,7,12-18H2/t21-/m1/s1. The van der Waals surface area contributed by atoms with Crippen LogP contribution < -0.4 is 0 Å². The minimum atomic E-state index is -3.81. The fourth-order valence-electron chi connectivity index (χ4n) is 4.81. The van der Waals surface area contributed by atoms with Gasteiger partial charge in [-0.2, -0.15) is 4.31 Å². The molecule has 1 amide bonds. The maximum atomic E-state index is 13.2. The lowest BCUT2D eigenvalue weighted by molar-refractivity contribution is -0.384. The van der Waals surface area contributed by atoms with E-state index in [4.69, 9.17) is 0 Å². The molecule has 2 heterocycles. The van der Waals surface area contributed by atoms with Crippen molar-refractivity contribution in [2.75, 3.05) is 26.2 Å². The molecular weight excluding hydrogens is 442 g/mol. The van der Waals surface area contributed by atoms with Crippen LogP contribution in [0.2, 0.25) is 0 Å². The first-order valence-electron chi connectivity index (χ1n) is 11.4. The van der Waals surface area contributed by atoms with Gasteiger partial charge in [0.15, 0.2) is 0 Å². The summed E-state index contributed by atoms with van der Waals surface area (Å²) in [5.41, 5.74) is 1.16. The molecule has 2 aliphatic rings. The second kappa shape index (κ2) is 10.0. The molecule has 33 heavy (non-hydrogen) atoms. The summed E-state index contributed by atoms with van der Waals surface area (Å²) in [7, 11) is -3.81. The summed E-state index contributed by atoms with van der Waals surface area (Å²) in [5.74, 6) is 0.246. The summed E-state index contributed by atoms with van der Waals surface area (Å²) in [6, 6.07) is 15.3. The van der Waals surface area contributed by atoms with Gasteiger partial charge in [-0.1, -0.05) is 30.3 Å². The van der Waals surface area contributed by atoms with Gasteiger partial charge in [0.05, 0.1) is 15.7 Å². The van der Waals surface area contributed by atoms with E-state index >= 15 is 0 Å². The Bertz CT molecular complexity index is 1080. The lowest BCUT2D eigenvalue weighted by Crippen LogP contribution is -2.48. The topological polar surface area (TPSA) is 101 Å². The quantitative estimate of drug-likeness (QED) is 0.474. The maximum absolute atomic E-state index is 13.2. The lowest BCUT2D eigenvalue weighted by atomic mass is 9.89. The normalized spacial score (nSPS) is 20.5. The van der Waals surface area contributed by atoms with Gasteiger partial charge < -0.3 is 4.90 Å². The molecule has 0 N–H and O–H groups in total. The average molecular weight is 472 g/mol. The van der Waals surface area contributed by atoms with E-state index in [-0.39, 0.29) is 29.0 Å². The van der Waals surface area contributed by atoms with Crippen LogP contribution in [0.5, 0.6) is 0 Å². The number of benzene rings is 2. The number of amides is 1. The van der Waals surface area contributed by atoms with Gasteiger partial charge in [-0.15, -0.1) is 0 Å². The number of sulfonamides is 1. The van der Waals surface area contributed by atoms with E-state index in [1.54, 1.807) is 0 Å². The van der Waals surface area contributed by atoms with Crippen LogP contribution in [0.1, 0.15) is 31.2 Å². The van der Waals surface area contributed by atoms with Crippen molar-refractivity contribution in [2.24, 2.45) is 11.8 Å². The van der Waals surface area contributed by atoms with Crippen molar-refractivity contribution < 1.29 is 18.1 Å². The molecule has 0 spiro atoms. The molecule has 0 aliphatic carbocycles. The molecule has 2 aromatic carbocycles. The average Bonchev–Trinajstić information content (AvgIpc) is 2.85. The zero-order valence-corrected chi connectivity index (χ0v) is 19.3. The molecule has 0 aromatic heterocycles. The molecule has 2 aromatic rings. The first-order chi connectivity index (χ1) is 15.8. The zero-order chi connectivity index (χ0) is 23.4. The SMILES string of the molecule is O=C([C@@H]1CCCN(S(=O)(=O)c2ccc([N+](=O)[O-])cc2)C1)N1CCC(Cc2ccccc2)CC1. The van der Waals surface area contributed by atoms with Crippen LogP contribution in [0, 0.1) is 22.0 Å². The Morgan fingerprint density at radius 3 is 2.27 bits per heavy atom. The zero-order valence-electron chi connectivity index (χ0n) is 18.5. The van der Waals surface area contributed by atoms with Gasteiger partial charge in [0.1, 0.15) is 0 Å². The predicted octanol–water partition coefficient (Wildman–Crippen LogP) is 3.48. The molecule has 2 saturated heterocycles. The highest BCUT2D eigenvalue weighted by Crippen LogP contribution is 2.28. The number of piperidine rings is 2. The molecular formula is C24H29N3O5S. The molecule has 0 bridgehead atoms. The second-order valence-electron chi connectivity index (χ2n) is 8.91. The molecule has 0 radical (unpaired) electrons. The Hall–Kier alpha value is -2.78. The third-order valence-electron chi connectivity index (χ3n) is 6.71. The highest BCUT2D eigenvalue weighted by atomic mass is 32.2. The van der Waals surface area contributed by atoms with Crippen molar-refractivity contribution in [2.45, 2.75) is 37.0 Å². The van der Waals surface area contributed by atoms with Gasteiger partial charge in [0.2, 0.25) is 15.9 Å². The highest BCUT2D eigenvalue weighted by Gasteiger charge is 2.36. The highest BCUT2D eigenvalue weighted by molar-refractivity contribution is 7.89. The molecule has 9 heteroatoms. The van der Waals surface area contributed by atoms with E-state index in [1.807, 2.05) is 23.1 Å². The number of hydrogen-bond acceptors (Lipinski definition) is 5. The van der Waals surface area contributed by atoms with Gasteiger partial charge >= 0.3 is 0 Å². The first kappa shape index (κ1) is 23.4. The molecule has 0 unspecified atom stereocenters. The number of rotatable bonds is 6. The summed E-state index contributed by atoms with van der Waals surface area (Å²) >= 11 is 0. The summed E-state index contributed by atoms with van der Waals surface area (Å²) in [5, 5.41) is 10.8. The Morgan fingerprint density at radius 1 is 0.970 bits per heavy atom. The minimum absolute atomic E-state index is 0.0166. The smallest absolute Gasteiger partial charge is 0.269 e. The number of nitro groups is 1. The molecule has 0 saturated carbocycles. The maximum Gasteiger partial charge on any atom is 0.269 e. The molecule has 2 fully saturated rings. The van der Waals surface area contributed by atoms with Crippen LogP contribution in [-0.4, -0.2) is 54.6 Å². The van der Waals surface area contributed by atoms with Crippen LogP contribution >= 0.6 is 0 Å². The van der Waals surface area contributed by atoms with Crippen molar-refractivity contribution in [3.05, 3.63) is 70.3 Å². The van der Waals surface area contributed by atoms with Gasteiger partial charge in [-0.25, -0.2) is 8.42 Å². The van der Waals surface area contributed by atoms with E-state index in [2.05, 4.69) is 12.1 Å². The van der Waals surface area contributed by atoms with Crippen LogP contribution in [0.15, 0.2) is 59.5 Å². The molecule has 176 valence electrons. The summed E-state index contributed by atoms with van der Waals surface area (Å²) < 4.78 is 27.5. The number of hydrogen-bond donors (Lipinski definition) is 0. The Balaban J connectivity index is 1.35. The monoisotopic (exact) mass is 471 g/mol. The van der Waals surface area contributed by atoms with Crippen LogP contribution in [0.4, 0.5) is 5.69 Å². The van der Waals surface area contributed by atoms with E-state index in [0.717, 1.165) is 19.3 Å². The van der Waals surface area contributed by atoms with Crippen molar-refractivity contribution in [1.82, 2.24) is 9.21 Å². The van der Waals surface area contributed by atoms with E-state index < -0.39 is 14.9 Å². The Kier molecular flexibility index (Phi) is 7.09. The molecule has 8 nitrogen and oxygen atoms in total. The molecule has 2 aliphatic heterocycles. The molecule has 1 atom stereocenters. The van der Waals surface area contributed by atoms with E-state index in [0.29, 0.717) is 38.4 Å². The van der Waals surface area contributed by atoms with Crippen LogP contribution in [-0.2, 0) is 21.2 Å². The Labute approximate surface area is 194 Å². The lowest BCUT2D eigenvalue weighted by Gasteiger charge is -2.37. The third kappa shape index (κ3) is 5.42. The van der Waals surface area contributed by atoms with Crippen molar-refractivity contribution >= 4 is 21.6 Å². The summed E-state index contributed by atoms with van der Waals surface area (Å²) in [6.45, 7) is 1.92. The summed E-state index contributed by atoms with van der Waals surface area (Å²) in [4.78, 5) is 25.4. The number of non-ortho nitro benzene ring substituents is 1.